The summed E-state index contributed by atoms with van der Waals surface area (Å²) < 4.78 is 0. The normalized spacial score (nSPS) is 28.1. The molecule has 0 unspecified atom stereocenters. The van der Waals surface area contributed by atoms with E-state index in [0.29, 0.717) is 46.3 Å². The molecule has 3 N–H and O–H groups in total. The summed E-state index contributed by atoms with van der Waals surface area (Å²) in [6, 6.07) is 5.47. The zero-order valence-electron chi connectivity index (χ0n) is 28.8. The molecule has 0 bridgehead atoms. The number of primary amides is 1. The van der Waals surface area contributed by atoms with Gasteiger partial charge in [-0.25, -0.2) is 0 Å². The first-order valence-corrected chi connectivity index (χ1v) is 17.9. The summed E-state index contributed by atoms with van der Waals surface area (Å²) >= 11 is 0. The zero-order valence-corrected chi connectivity index (χ0v) is 28.8. The molecule has 1 aromatic rings. The van der Waals surface area contributed by atoms with Crippen molar-refractivity contribution in [1.29, 1.82) is 0 Å². The van der Waals surface area contributed by atoms with Crippen LogP contribution in [-0.4, -0.2) is 34.7 Å². The Morgan fingerprint density at radius 1 is 0.773 bits per heavy atom. The van der Waals surface area contributed by atoms with E-state index in [1.165, 1.54) is 0 Å². The van der Waals surface area contributed by atoms with Gasteiger partial charge in [-0.05, 0) is 130 Å². The molecule has 44 heavy (non-hydrogen) atoms. The quantitative estimate of drug-likeness (QED) is 0.278. The summed E-state index contributed by atoms with van der Waals surface area (Å²) in [6.45, 7) is 16.2. The molecule has 3 amide bonds. The molecule has 0 atom stereocenters. The smallest absolute Gasteiger partial charge is 0.254 e. The number of amides is 3. The van der Waals surface area contributed by atoms with Gasteiger partial charge in [0, 0.05) is 34.8 Å². The SMILES string of the molecule is CCC(C)(C)[C@H]1CC[C@@H](C(=O)Nc2cc(C(N)=O)cc(C(=O)N([C@H]3CC[C@@H](C(C)C)CC3)[C@H]3CC[C@@H](C(C)C)CC3)c2)CC1. The molecular formula is C38H61N3O3. The van der Waals surface area contributed by atoms with Gasteiger partial charge in [0.2, 0.25) is 11.8 Å². The third kappa shape index (κ3) is 8.26. The fourth-order valence-electron chi connectivity index (χ4n) is 8.51. The highest BCUT2D eigenvalue weighted by molar-refractivity contribution is 6.02. The Bertz CT molecular complexity index is 1110. The lowest BCUT2D eigenvalue weighted by atomic mass is 9.67. The molecule has 0 heterocycles. The Labute approximate surface area is 267 Å². The molecule has 0 spiro atoms. The molecule has 3 aliphatic rings. The summed E-state index contributed by atoms with van der Waals surface area (Å²) in [4.78, 5) is 42.6. The summed E-state index contributed by atoms with van der Waals surface area (Å²) in [5.41, 5.74) is 7.29. The minimum absolute atomic E-state index is 0.0198. The minimum Gasteiger partial charge on any atom is -0.366 e. The van der Waals surface area contributed by atoms with Crippen molar-refractivity contribution in [2.75, 3.05) is 5.32 Å². The van der Waals surface area contributed by atoms with Crippen LogP contribution in [0, 0.1) is 40.9 Å². The highest BCUT2D eigenvalue weighted by Gasteiger charge is 2.38. The summed E-state index contributed by atoms with van der Waals surface area (Å²) in [6.07, 6.45) is 13.7. The average molecular weight is 608 g/mol. The first-order valence-electron chi connectivity index (χ1n) is 17.9. The van der Waals surface area contributed by atoms with E-state index in [4.69, 9.17) is 5.73 Å². The van der Waals surface area contributed by atoms with Gasteiger partial charge in [0.25, 0.3) is 5.91 Å². The lowest BCUT2D eigenvalue weighted by molar-refractivity contribution is -0.121. The first kappa shape index (κ1) is 34.5. The van der Waals surface area contributed by atoms with E-state index in [-0.39, 0.29) is 35.4 Å². The third-order valence-corrected chi connectivity index (χ3v) is 12.2. The Hall–Kier alpha value is -2.37. The number of benzene rings is 1. The Kier molecular flexibility index (Phi) is 11.6. The molecule has 6 nitrogen and oxygen atoms in total. The number of rotatable bonds is 10. The van der Waals surface area contributed by atoms with Crippen molar-refractivity contribution in [2.45, 2.75) is 144 Å². The summed E-state index contributed by atoms with van der Waals surface area (Å²) in [5.74, 6) is 2.70. The standard InChI is InChI=1S/C38H61N3O3/c1-8-38(6,7)31-15-9-28(10-16-31)36(43)40-32-22-29(35(39)42)21-30(23-32)37(44)41(33-17-11-26(12-18-33)24(2)3)34-19-13-27(14-20-34)25(4)5/h21-28,31,33-34H,8-20H2,1-7H3,(H2,39,42)(H,40,43)/t26-,27-,28-,31+,33+,34+. The summed E-state index contributed by atoms with van der Waals surface area (Å²) in [5, 5.41) is 3.09. The lowest BCUT2D eigenvalue weighted by Crippen LogP contribution is -2.50. The Balaban J connectivity index is 1.55. The van der Waals surface area contributed by atoms with Crippen molar-refractivity contribution in [3.63, 3.8) is 0 Å². The van der Waals surface area contributed by atoms with Gasteiger partial charge in [0.05, 0.1) is 0 Å². The van der Waals surface area contributed by atoms with Crippen molar-refractivity contribution in [1.82, 2.24) is 4.90 Å². The van der Waals surface area contributed by atoms with E-state index in [9.17, 15) is 14.4 Å². The van der Waals surface area contributed by atoms with Gasteiger partial charge in [-0.2, -0.15) is 0 Å². The number of carbonyl (C=O) groups is 3. The molecule has 6 heteroatoms. The van der Waals surface area contributed by atoms with Crippen molar-refractivity contribution in [3.05, 3.63) is 29.3 Å². The Morgan fingerprint density at radius 3 is 1.68 bits per heavy atom. The van der Waals surface area contributed by atoms with Crippen molar-refractivity contribution in [3.8, 4) is 0 Å². The maximum Gasteiger partial charge on any atom is 0.254 e. The van der Waals surface area contributed by atoms with Crippen molar-refractivity contribution in [2.24, 2.45) is 46.7 Å². The van der Waals surface area contributed by atoms with Gasteiger partial charge in [0.1, 0.15) is 0 Å². The third-order valence-electron chi connectivity index (χ3n) is 12.2. The second kappa shape index (κ2) is 14.8. The molecular weight excluding hydrogens is 546 g/mol. The molecule has 0 radical (unpaired) electrons. The van der Waals surface area contributed by atoms with Crippen LogP contribution in [0.2, 0.25) is 0 Å². The molecule has 0 aliphatic heterocycles. The van der Waals surface area contributed by atoms with Crippen LogP contribution < -0.4 is 11.1 Å². The number of anilines is 1. The molecule has 4 rings (SSSR count). The molecule has 246 valence electrons. The Morgan fingerprint density at radius 2 is 1.25 bits per heavy atom. The van der Waals surface area contributed by atoms with E-state index in [2.05, 4.69) is 58.7 Å². The van der Waals surface area contributed by atoms with Crippen LogP contribution in [0.4, 0.5) is 5.69 Å². The van der Waals surface area contributed by atoms with E-state index in [1.54, 1.807) is 18.2 Å². The lowest BCUT2D eigenvalue weighted by Gasteiger charge is -2.45. The fourth-order valence-corrected chi connectivity index (χ4v) is 8.51. The van der Waals surface area contributed by atoms with Gasteiger partial charge < -0.3 is 16.0 Å². The van der Waals surface area contributed by atoms with Gasteiger partial charge in [-0.3, -0.25) is 14.4 Å². The maximum absolute atomic E-state index is 14.5. The van der Waals surface area contributed by atoms with Gasteiger partial charge in [-0.15, -0.1) is 0 Å². The topological polar surface area (TPSA) is 92.5 Å². The molecule has 0 aromatic heterocycles. The van der Waals surface area contributed by atoms with Crippen molar-refractivity contribution < 1.29 is 14.4 Å². The van der Waals surface area contributed by atoms with Crippen LogP contribution in [0.25, 0.3) is 0 Å². The van der Waals surface area contributed by atoms with Crippen molar-refractivity contribution >= 4 is 23.4 Å². The summed E-state index contributed by atoms with van der Waals surface area (Å²) in [7, 11) is 0. The number of carbonyl (C=O) groups excluding carboxylic acids is 3. The number of nitrogens with two attached hydrogens (primary N) is 1. The zero-order chi connectivity index (χ0) is 32.2. The van der Waals surface area contributed by atoms with Crippen LogP contribution in [0.15, 0.2) is 18.2 Å². The van der Waals surface area contributed by atoms with Crippen LogP contribution in [-0.2, 0) is 4.79 Å². The van der Waals surface area contributed by atoms with Gasteiger partial charge in [0.15, 0.2) is 0 Å². The molecule has 3 aliphatic carbocycles. The van der Waals surface area contributed by atoms with Gasteiger partial charge >= 0.3 is 0 Å². The fraction of sp³-hybridized carbons (Fsp3) is 0.763. The van der Waals surface area contributed by atoms with E-state index < -0.39 is 5.91 Å². The largest absolute Gasteiger partial charge is 0.366 e. The monoisotopic (exact) mass is 607 g/mol. The van der Waals surface area contributed by atoms with Crippen LogP contribution in [0.3, 0.4) is 0 Å². The molecule has 1 aromatic carbocycles. The second-order valence-corrected chi connectivity index (χ2v) is 15.9. The number of nitrogens with zero attached hydrogens (tertiary/aromatic N) is 1. The minimum atomic E-state index is -0.584. The highest BCUT2D eigenvalue weighted by atomic mass is 16.2. The van der Waals surface area contributed by atoms with E-state index in [0.717, 1.165) is 83.5 Å². The van der Waals surface area contributed by atoms with Crippen LogP contribution in [0.1, 0.15) is 153 Å². The molecule has 3 saturated carbocycles. The molecule has 0 saturated heterocycles. The average Bonchev–Trinajstić information content (AvgIpc) is 3.01. The van der Waals surface area contributed by atoms with E-state index in [1.807, 2.05) is 0 Å². The first-order chi connectivity index (χ1) is 20.8. The predicted molar refractivity (Wildman–Crippen MR) is 180 cm³/mol. The number of hydrogen-bond donors (Lipinski definition) is 2. The van der Waals surface area contributed by atoms with Crippen LogP contribution >= 0.6 is 0 Å². The van der Waals surface area contributed by atoms with Crippen LogP contribution in [0.5, 0.6) is 0 Å². The maximum atomic E-state index is 14.5. The predicted octanol–water partition coefficient (Wildman–Crippen LogP) is 8.84. The molecule has 3 fully saturated rings. The number of hydrogen-bond acceptors (Lipinski definition) is 3. The number of nitrogens with one attached hydrogen (secondary N) is 1. The highest BCUT2D eigenvalue weighted by Crippen LogP contribution is 2.43. The van der Waals surface area contributed by atoms with Gasteiger partial charge in [-0.1, -0.05) is 54.9 Å². The van der Waals surface area contributed by atoms with E-state index >= 15 is 0 Å². The second-order valence-electron chi connectivity index (χ2n) is 15.9.